The minimum absolute atomic E-state index is 0.323. The third-order valence-corrected chi connectivity index (χ3v) is 5.39. The molecule has 0 amide bonds. The topological polar surface area (TPSA) is 67.4 Å². The normalized spacial score (nSPS) is 11.3. The standard InChI is InChI=1S/C14H18N2O3S2/c1-3-15-10-13-14(8-9-20-13)21(17,18)16-11-4-6-12(19-2)7-5-11/h4-9,15-16H,3,10H2,1-2H3. The van der Waals surface area contributed by atoms with Gasteiger partial charge in [0.15, 0.2) is 0 Å². The van der Waals surface area contributed by atoms with Crippen LogP contribution in [0.2, 0.25) is 0 Å². The molecule has 0 bridgehead atoms. The number of nitrogens with one attached hydrogen (secondary N) is 2. The first-order chi connectivity index (χ1) is 10.1. The van der Waals surface area contributed by atoms with Crippen LogP contribution in [-0.2, 0) is 16.6 Å². The van der Waals surface area contributed by atoms with Gasteiger partial charge >= 0.3 is 0 Å². The van der Waals surface area contributed by atoms with E-state index < -0.39 is 10.0 Å². The number of thiophene rings is 1. The maximum atomic E-state index is 12.4. The van der Waals surface area contributed by atoms with Crippen LogP contribution in [-0.4, -0.2) is 22.1 Å². The van der Waals surface area contributed by atoms with Crippen molar-refractivity contribution in [2.24, 2.45) is 0 Å². The molecule has 0 aliphatic rings. The highest BCUT2D eigenvalue weighted by atomic mass is 32.2. The minimum Gasteiger partial charge on any atom is -0.497 e. The third-order valence-electron chi connectivity index (χ3n) is 2.87. The molecule has 114 valence electrons. The Morgan fingerprint density at radius 3 is 2.52 bits per heavy atom. The third kappa shape index (κ3) is 3.96. The van der Waals surface area contributed by atoms with Crippen LogP contribution < -0.4 is 14.8 Å². The van der Waals surface area contributed by atoms with Gasteiger partial charge in [-0.1, -0.05) is 6.92 Å². The molecular formula is C14H18N2O3S2. The molecule has 0 saturated heterocycles. The van der Waals surface area contributed by atoms with Crippen molar-refractivity contribution in [3.8, 4) is 5.75 Å². The number of hydrogen-bond donors (Lipinski definition) is 2. The van der Waals surface area contributed by atoms with Crippen molar-refractivity contribution in [3.63, 3.8) is 0 Å². The van der Waals surface area contributed by atoms with E-state index in [-0.39, 0.29) is 0 Å². The first-order valence-corrected chi connectivity index (χ1v) is 8.87. The van der Waals surface area contributed by atoms with Gasteiger partial charge in [0.05, 0.1) is 7.11 Å². The zero-order valence-electron chi connectivity index (χ0n) is 11.9. The Hall–Kier alpha value is -1.57. The lowest BCUT2D eigenvalue weighted by atomic mass is 10.3. The Labute approximate surface area is 129 Å². The van der Waals surface area contributed by atoms with Crippen LogP contribution in [0, 0.1) is 0 Å². The van der Waals surface area contributed by atoms with Gasteiger partial charge in [0.1, 0.15) is 10.6 Å². The quantitative estimate of drug-likeness (QED) is 0.821. The second-order valence-corrected chi connectivity index (χ2v) is 6.97. The van der Waals surface area contributed by atoms with Crippen molar-refractivity contribution in [1.29, 1.82) is 0 Å². The van der Waals surface area contributed by atoms with E-state index in [2.05, 4.69) is 10.0 Å². The van der Waals surface area contributed by atoms with E-state index in [0.29, 0.717) is 22.9 Å². The summed E-state index contributed by atoms with van der Waals surface area (Å²) in [5, 5.41) is 4.93. The number of hydrogen-bond acceptors (Lipinski definition) is 5. The smallest absolute Gasteiger partial charge is 0.263 e. The first-order valence-electron chi connectivity index (χ1n) is 6.50. The van der Waals surface area contributed by atoms with Crippen molar-refractivity contribution in [2.45, 2.75) is 18.4 Å². The van der Waals surface area contributed by atoms with Crippen molar-refractivity contribution < 1.29 is 13.2 Å². The number of sulfonamides is 1. The predicted octanol–water partition coefficient (Wildman–Crippen LogP) is 2.67. The fourth-order valence-electron chi connectivity index (χ4n) is 1.80. The van der Waals surface area contributed by atoms with Crippen molar-refractivity contribution in [2.75, 3.05) is 18.4 Å². The lowest BCUT2D eigenvalue weighted by Gasteiger charge is -2.09. The molecule has 1 aromatic heterocycles. The largest absolute Gasteiger partial charge is 0.497 e. The molecule has 1 heterocycles. The molecule has 0 unspecified atom stereocenters. The van der Waals surface area contributed by atoms with E-state index in [1.165, 1.54) is 11.3 Å². The summed E-state index contributed by atoms with van der Waals surface area (Å²) in [6.07, 6.45) is 0. The van der Waals surface area contributed by atoms with Crippen LogP contribution >= 0.6 is 11.3 Å². The van der Waals surface area contributed by atoms with Gasteiger partial charge in [-0.25, -0.2) is 8.42 Å². The summed E-state index contributed by atoms with van der Waals surface area (Å²) in [6.45, 7) is 3.33. The van der Waals surface area contributed by atoms with Crippen molar-refractivity contribution in [1.82, 2.24) is 5.32 Å². The Balaban J connectivity index is 2.19. The zero-order valence-corrected chi connectivity index (χ0v) is 13.6. The molecule has 7 heteroatoms. The average molecular weight is 326 g/mol. The number of benzene rings is 1. The number of anilines is 1. The maximum absolute atomic E-state index is 12.4. The van der Waals surface area contributed by atoms with Crippen LogP contribution in [0.3, 0.4) is 0 Å². The van der Waals surface area contributed by atoms with E-state index in [4.69, 9.17) is 4.74 Å². The molecule has 0 saturated carbocycles. The Kier molecular flexibility index (Phi) is 5.22. The molecule has 1 aromatic carbocycles. The number of rotatable bonds is 7. The van der Waals surface area contributed by atoms with Crippen LogP contribution in [0.25, 0.3) is 0 Å². The van der Waals surface area contributed by atoms with Crippen LogP contribution in [0.1, 0.15) is 11.8 Å². The molecule has 0 fully saturated rings. The summed E-state index contributed by atoms with van der Waals surface area (Å²) in [5.74, 6) is 0.682. The highest BCUT2D eigenvalue weighted by Crippen LogP contribution is 2.25. The van der Waals surface area contributed by atoms with Gasteiger partial charge in [0.25, 0.3) is 10.0 Å². The molecule has 0 aliphatic heterocycles. The van der Waals surface area contributed by atoms with Gasteiger partial charge in [-0.05, 0) is 42.3 Å². The zero-order chi connectivity index (χ0) is 15.3. The van der Waals surface area contributed by atoms with Crippen LogP contribution in [0.5, 0.6) is 5.75 Å². The molecule has 2 aromatic rings. The molecular weight excluding hydrogens is 308 g/mol. The fraction of sp³-hybridized carbons (Fsp3) is 0.286. The van der Waals surface area contributed by atoms with Crippen LogP contribution in [0.15, 0.2) is 40.6 Å². The Morgan fingerprint density at radius 2 is 1.90 bits per heavy atom. The summed E-state index contributed by atoms with van der Waals surface area (Å²) in [6, 6.07) is 8.40. The molecule has 0 atom stereocenters. The lowest BCUT2D eigenvalue weighted by molar-refractivity contribution is 0.415. The Morgan fingerprint density at radius 1 is 1.19 bits per heavy atom. The summed E-state index contributed by atoms with van der Waals surface area (Å²) >= 11 is 1.43. The van der Waals surface area contributed by atoms with E-state index >= 15 is 0 Å². The van der Waals surface area contributed by atoms with E-state index in [9.17, 15) is 8.42 Å². The van der Waals surface area contributed by atoms with Crippen molar-refractivity contribution >= 4 is 27.0 Å². The van der Waals surface area contributed by atoms with Gasteiger partial charge in [0, 0.05) is 17.1 Å². The molecule has 0 radical (unpaired) electrons. The van der Waals surface area contributed by atoms with Crippen molar-refractivity contribution in [3.05, 3.63) is 40.6 Å². The fourth-order valence-corrected chi connectivity index (χ4v) is 4.28. The van der Waals surface area contributed by atoms with Gasteiger partial charge in [-0.15, -0.1) is 11.3 Å². The highest BCUT2D eigenvalue weighted by molar-refractivity contribution is 7.93. The maximum Gasteiger partial charge on any atom is 0.263 e. The second-order valence-electron chi connectivity index (χ2n) is 4.32. The molecule has 21 heavy (non-hydrogen) atoms. The molecule has 0 aliphatic carbocycles. The van der Waals surface area contributed by atoms with Gasteiger partial charge in [-0.2, -0.15) is 0 Å². The summed E-state index contributed by atoms with van der Waals surface area (Å²) in [4.78, 5) is 1.13. The summed E-state index contributed by atoms with van der Waals surface area (Å²) in [7, 11) is -2.00. The highest BCUT2D eigenvalue weighted by Gasteiger charge is 2.19. The SMILES string of the molecule is CCNCc1sccc1S(=O)(=O)Nc1ccc(OC)cc1. The van der Waals surface area contributed by atoms with E-state index in [1.54, 1.807) is 42.8 Å². The monoisotopic (exact) mass is 326 g/mol. The molecule has 5 nitrogen and oxygen atoms in total. The molecule has 0 spiro atoms. The van der Waals surface area contributed by atoms with E-state index in [0.717, 1.165) is 11.4 Å². The van der Waals surface area contributed by atoms with Gasteiger partial charge < -0.3 is 10.1 Å². The first kappa shape index (κ1) is 15.8. The second kappa shape index (κ2) is 6.93. The Bertz CT molecular complexity index is 678. The van der Waals surface area contributed by atoms with Crippen LogP contribution in [0.4, 0.5) is 5.69 Å². The van der Waals surface area contributed by atoms with E-state index in [1.807, 2.05) is 6.92 Å². The molecule has 2 N–H and O–H groups in total. The van der Waals surface area contributed by atoms with Gasteiger partial charge in [0.2, 0.25) is 0 Å². The van der Waals surface area contributed by atoms with Gasteiger partial charge in [-0.3, -0.25) is 4.72 Å². The summed E-state index contributed by atoms with van der Waals surface area (Å²) < 4.78 is 32.5. The summed E-state index contributed by atoms with van der Waals surface area (Å²) in [5.41, 5.74) is 0.511. The number of ether oxygens (including phenoxy) is 1. The average Bonchev–Trinajstić information content (AvgIpc) is 2.95. The minimum atomic E-state index is -3.57. The predicted molar refractivity (Wildman–Crippen MR) is 85.5 cm³/mol. The molecule has 2 rings (SSSR count). The lowest BCUT2D eigenvalue weighted by Crippen LogP contribution is -2.17. The number of methoxy groups -OCH3 is 1.